The summed E-state index contributed by atoms with van der Waals surface area (Å²) in [5.41, 5.74) is 0.937. The lowest BCUT2D eigenvalue weighted by Crippen LogP contribution is -2.38. The summed E-state index contributed by atoms with van der Waals surface area (Å²) in [6.45, 7) is 1.92. The topological polar surface area (TPSA) is 87.6 Å². The van der Waals surface area contributed by atoms with Crippen LogP contribution >= 0.6 is 0 Å². The van der Waals surface area contributed by atoms with Crippen LogP contribution in [0, 0.1) is 0 Å². The minimum atomic E-state index is -3.87. The Morgan fingerprint density at radius 1 is 1.25 bits per heavy atom. The number of hydrogen-bond acceptors (Lipinski definition) is 4. The summed E-state index contributed by atoms with van der Waals surface area (Å²) in [4.78, 5) is 14.9. The zero-order valence-electron chi connectivity index (χ0n) is 13.6. The summed E-state index contributed by atoms with van der Waals surface area (Å²) in [5, 5.41) is 8.77. The lowest BCUT2D eigenvalue weighted by molar-refractivity contribution is 0.0696. The first-order valence-electron chi connectivity index (χ1n) is 7.57. The average molecular weight is 348 g/mol. The van der Waals surface area contributed by atoms with Crippen molar-refractivity contribution in [2.45, 2.75) is 30.8 Å². The molecule has 0 radical (unpaired) electrons. The molecule has 0 amide bonds. The molecular weight excluding hydrogens is 328 g/mol. The van der Waals surface area contributed by atoms with Crippen LogP contribution in [0.15, 0.2) is 53.7 Å². The second-order valence-corrected chi connectivity index (χ2v) is 7.41. The van der Waals surface area contributed by atoms with Gasteiger partial charge in [0.15, 0.2) is 5.03 Å². The molecule has 1 heterocycles. The minimum Gasteiger partial charge on any atom is -0.478 e. The van der Waals surface area contributed by atoms with E-state index in [1.54, 1.807) is 0 Å². The molecular formula is C17H20N2O4S. The van der Waals surface area contributed by atoms with E-state index in [0.717, 1.165) is 11.6 Å². The van der Waals surface area contributed by atoms with Gasteiger partial charge in [-0.2, -0.15) is 4.31 Å². The summed E-state index contributed by atoms with van der Waals surface area (Å²) < 4.78 is 26.8. The molecule has 0 spiro atoms. The number of benzene rings is 1. The Labute approximate surface area is 141 Å². The molecule has 0 aliphatic heterocycles. The first-order valence-corrected chi connectivity index (χ1v) is 9.01. The van der Waals surface area contributed by atoms with E-state index in [1.165, 1.54) is 23.6 Å². The third-order valence-electron chi connectivity index (χ3n) is 3.92. The van der Waals surface area contributed by atoms with Gasteiger partial charge in [0, 0.05) is 19.3 Å². The van der Waals surface area contributed by atoms with Crippen molar-refractivity contribution in [1.82, 2.24) is 9.29 Å². The normalized spacial score (nSPS) is 13.0. The van der Waals surface area contributed by atoms with Gasteiger partial charge in [-0.3, -0.25) is 0 Å². The molecule has 1 aromatic carbocycles. The molecule has 0 aliphatic carbocycles. The van der Waals surface area contributed by atoms with Crippen molar-refractivity contribution in [1.29, 1.82) is 0 Å². The summed E-state index contributed by atoms with van der Waals surface area (Å²) in [6.07, 6.45) is 2.40. The lowest BCUT2D eigenvalue weighted by atomic mass is 10.0. The molecule has 0 bridgehead atoms. The van der Waals surface area contributed by atoms with E-state index in [9.17, 15) is 13.2 Å². The summed E-state index contributed by atoms with van der Waals surface area (Å²) in [6, 6.07) is 11.7. The SMILES string of the molecule is CCC(Cc1ccccc1)N(C)S(=O)(=O)c1cc(C(=O)O)ccn1. The van der Waals surface area contributed by atoms with E-state index in [0.29, 0.717) is 12.8 Å². The van der Waals surface area contributed by atoms with Crippen LogP contribution in [0.3, 0.4) is 0 Å². The lowest BCUT2D eigenvalue weighted by Gasteiger charge is -2.26. The van der Waals surface area contributed by atoms with Crippen molar-refractivity contribution < 1.29 is 18.3 Å². The second kappa shape index (κ2) is 7.55. The number of carbonyl (C=O) groups is 1. The number of aromatic nitrogens is 1. The number of carboxylic acids is 1. The van der Waals surface area contributed by atoms with Crippen molar-refractivity contribution in [3.05, 3.63) is 59.8 Å². The molecule has 1 unspecified atom stereocenters. The quantitative estimate of drug-likeness (QED) is 0.830. The third kappa shape index (κ3) is 3.98. The van der Waals surface area contributed by atoms with Crippen LogP contribution in [-0.2, 0) is 16.4 Å². The Morgan fingerprint density at radius 3 is 2.50 bits per heavy atom. The molecule has 6 nitrogen and oxygen atoms in total. The predicted molar refractivity (Wildman–Crippen MR) is 90.4 cm³/mol. The largest absolute Gasteiger partial charge is 0.478 e. The maximum absolute atomic E-state index is 12.8. The number of pyridine rings is 1. The van der Waals surface area contributed by atoms with Crippen LogP contribution in [0.1, 0.15) is 29.3 Å². The van der Waals surface area contributed by atoms with E-state index < -0.39 is 16.0 Å². The zero-order chi connectivity index (χ0) is 17.7. The van der Waals surface area contributed by atoms with Crippen molar-refractivity contribution in [2.75, 3.05) is 7.05 Å². The number of rotatable bonds is 7. The molecule has 1 aromatic heterocycles. The van der Waals surface area contributed by atoms with Crippen LogP contribution in [0.2, 0.25) is 0 Å². The smallest absolute Gasteiger partial charge is 0.335 e. The molecule has 2 aromatic rings. The number of sulfonamides is 1. The summed E-state index contributed by atoms with van der Waals surface area (Å²) in [7, 11) is -2.37. The molecule has 0 aliphatic rings. The zero-order valence-corrected chi connectivity index (χ0v) is 14.4. The number of carboxylic acid groups (broad SMARTS) is 1. The molecule has 24 heavy (non-hydrogen) atoms. The van der Waals surface area contributed by atoms with Gasteiger partial charge in [-0.15, -0.1) is 0 Å². The van der Waals surface area contributed by atoms with Gasteiger partial charge in [-0.1, -0.05) is 37.3 Å². The monoisotopic (exact) mass is 348 g/mol. The van der Waals surface area contributed by atoms with Gasteiger partial charge in [0.25, 0.3) is 10.0 Å². The summed E-state index contributed by atoms with van der Waals surface area (Å²) >= 11 is 0. The minimum absolute atomic E-state index is 0.104. The summed E-state index contributed by atoms with van der Waals surface area (Å²) in [5.74, 6) is -1.19. The Bertz CT molecular complexity index is 806. The van der Waals surface area contributed by atoms with E-state index in [4.69, 9.17) is 5.11 Å². The van der Waals surface area contributed by atoms with Crippen LogP contribution in [-0.4, -0.2) is 41.9 Å². The Balaban J connectivity index is 2.29. The standard InChI is InChI=1S/C17H20N2O4S/c1-3-15(11-13-7-5-4-6-8-13)19(2)24(22,23)16-12-14(17(20)21)9-10-18-16/h4-10,12,15H,3,11H2,1-2H3,(H,20,21). The maximum atomic E-state index is 12.8. The number of nitrogens with zero attached hydrogens (tertiary/aromatic N) is 2. The fourth-order valence-electron chi connectivity index (χ4n) is 2.44. The fourth-order valence-corrected chi connectivity index (χ4v) is 3.82. The Hall–Kier alpha value is -2.25. The molecule has 2 rings (SSSR count). The van der Waals surface area contributed by atoms with Crippen molar-refractivity contribution in [3.8, 4) is 0 Å². The van der Waals surface area contributed by atoms with Crippen molar-refractivity contribution in [3.63, 3.8) is 0 Å². The van der Waals surface area contributed by atoms with E-state index in [2.05, 4.69) is 4.98 Å². The van der Waals surface area contributed by atoms with Crippen LogP contribution in [0.4, 0.5) is 0 Å². The predicted octanol–water partition coefficient (Wildman–Crippen LogP) is 2.42. The Morgan fingerprint density at radius 2 is 1.92 bits per heavy atom. The van der Waals surface area contributed by atoms with E-state index in [1.807, 2.05) is 37.3 Å². The highest BCUT2D eigenvalue weighted by Crippen LogP contribution is 2.20. The van der Waals surface area contributed by atoms with Gasteiger partial charge in [-0.05, 0) is 30.5 Å². The molecule has 0 saturated carbocycles. The molecule has 1 atom stereocenters. The van der Waals surface area contributed by atoms with Crippen LogP contribution in [0.5, 0.6) is 0 Å². The third-order valence-corrected chi connectivity index (χ3v) is 5.73. The van der Waals surface area contributed by atoms with Crippen LogP contribution in [0.25, 0.3) is 0 Å². The highest BCUT2D eigenvalue weighted by molar-refractivity contribution is 7.89. The molecule has 128 valence electrons. The van der Waals surface area contributed by atoms with Crippen molar-refractivity contribution >= 4 is 16.0 Å². The average Bonchev–Trinajstić information content (AvgIpc) is 2.60. The van der Waals surface area contributed by atoms with Gasteiger partial charge >= 0.3 is 5.97 Å². The fraction of sp³-hybridized carbons (Fsp3) is 0.294. The number of aromatic carboxylic acids is 1. The molecule has 7 heteroatoms. The van der Waals surface area contributed by atoms with Gasteiger partial charge in [0.2, 0.25) is 0 Å². The first kappa shape index (κ1) is 18.1. The van der Waals surface area contributed by atoms with Crippen LogP contribution < -0.4 is 0 Å². The van der Waals surface area contributed by atoms with E-state index >= 15 is 0 Å². The highest BCUT2D eigenvalue weighted by Gasteiger charge is 2.28. The van der Waals surface area contributed by atoms with Gasteiger partial charge in [0.1, 0.15) is 0 Å². The first-order chi connectivity index (χ1) is 11.4. The molecule has 0 saturated heterocycles. The molecule has 0 fully saturated rings. The van der Waals surface area contributed by atoms with Gasteiger partial charge in [-0.25, -0.2) is 18.2 Å². The Kier molecular flexibility index (Phi) is 5.69. The number of hydrogen-bond donors (Lipinski definition) is 1. The highest BCUT2D eigenvalue weighted by atomic mass is 32.2. The number of likely N-dealkylation sites (N-methyl/N-ethyl adjacent to an activating group) is 1. The van der Waals surface area contributed by atoms with Gasteiger partial charge < -0.3 is 5.11 Å². The van der Waals surface area contributed by atoms with E-state index in [-0.39, 0.29) is 16.6 Å². The molecule has 1 N–H and O–H groups in total. The van der Waals surface area contributed by atoms with Crippen molar-refractivity contribution in [2.24, 2.45) is 0 Å². The second-order valence-electron chi connectivity index (χ2n) is 5.46. The maximum Gasteiger partial charge on any atom is 0.335 e. The van der Waals surface area contributed by atoms with Gasteiger partial charge in [0.05, 0.1) is 5.56 Å².